The van der Waals surface area contributed by atoms with Crippen LogP contribution >= 0.6 is 0 Å². The minimum Gasteiger partial charge on any atom is -0.385 e. The summed E-state index contributed by atoms with van der Waals surface area (Å²) < 4.78 is 39.0. The van der Waals surface area contributed by atoms with Crippen molar-refractivity contribution in [3.8, 4) is 0 Å². The Morgan fingerprint density at radius 3 is 2.53 bits per heavy atom. The molecule has 1 aromatic rings. The average Bonchev–Trinajstić information content (AvgIpc) is 2.27. The van der Waals surface area contributed by atoms with Crippen molar-refractivity contribution in [1.82, 2.24) is 4.98 Å². The number of nitrogens with two attached hydrogens (primary N) is 1. The molecule has 0 saturated carbocycles. The Morgan fingerprint density at radius 2 is 2.06 bits per heavy atom. The number of carbonyl (C=O) groups is 2. The molecule has 5 nitrogen and oxygen atoms in total. The number of esters is 2. The highest BCUT2D eigenvalue weighted by atomic mass is 19.4. The van der Waals surface area contributed by atoms with Crippen molar-refractivity contribution in [2.24, 2.45) is 5.73 Å². The Kier molecular flexibility index (Phi) is 3.79. The lowest BCUT2D eigenvalue weighted by molar-refractivity contribution is -0.202. The molecule has 0 aliphatic rings. The Hall–Kier alpha value is -1.96. The summed E-state index contributed by atoms with van der Waals surface area (Å²) in [6.07, 6.45) is -2.66. The maximum atomic E-state index is 11.8. The predicted octanol–water partition coefficient (Wildman–Crippen LogP) is 0.713. The maximum Gasteiger partial charge on any atom is 0.491 e. The summed E-state index contributed by atoms with van der Waals surface area (Å²) in [5, 5.41) is 0. The normalized spacial score (nSPS) is 12.9. The zero-order valence-corrected chi connectivity index (χ0v) is 8.27. The van der Waals surface area contributed by atoms with Crippen LogP contribution in [0.4, 0.5) is 13.2 Å². The van der Waals surface area contributed by atoms with Crippen LogP contribution in [0, 0.1) is 0 Å². The molecule has 8 heteroatoms. The molecule has 0 radical (unpaired) electrons. The van der Waals surface area contributed by atoms with Crippen LogP contribution in [0.5, 0.6) is 0 Å². The highest BCUT2D eigenvalue weighted by Crippen LogP contribution is 2.18. The van der Waals surface area contributed by atoms with E-state index in [9.17, 15) is 22.8 Å². The van der Waals surface area contributed by atoms with E-state index in [0.29, 0.717) is 0 Å². The van der Waals surface area contributed by atoms with E-state index in [-0.39, 0.29) is 5.56 Å². The molecule has 0 aromatic carbocycles. The SMILES string of the molecule is NC(C(=O)OC(=O)C(F)(F)F)c1cccnc1. The third-order valence-corrected chi connectivity index (χ3v) is 1.72. The Morgan fingerprint density at radius 1 is 1.41 bits per heavy atom. The van der Waals surface area contributed by atoms with Gasteiger partial charge in [-0.05, 0) is 11.6 Å². The van der Waals surface area contributed by atoms with E-state index in [1.54, 1.807) is 0 Å². The first-order valence-corrected chi connectivity index (χ1v) is 4.30. The lowest BCUT2D eigenvalue weighted by atomic mass is 10.1. The molecular formula is C9H7F3N2O3. The number of hydrogen-bond donors (Lipinski definition) is 1. The van der Waals surface area contributed by atoms with Gasteiger partial charge in [-0.25, -0.2) is 9.59 Å². The van der Waals surface area contributed by atoms with Gasteiger partial charge in [0.2, 0.25) is 0 Å². The van der Waals surface area contributed by atoms with Gasteiger partial charge in [-0.15, -0.1) is 0 Å². The molecule has 1 aromatic heterocycles. The molecule has 0 fully saturated rings. The first-order chi connectivity index (χ1) is 7.82. The van der Waals surface area contributed by atoms with Crippen molar-refractivity contribution in [3.05, 3.63) is 30.1 Å². The number of carbonyl (C=O) groups excluding carboxylic acids is 2. The molecular weight excluding hydrogens is 241 g/mol. The summed E-state index contributed by atoms with van der Waals surface area (Å²) in [6, 6.07) is 1.32. The van der Waals surface area contributed by atoms with Gasteiger partial charge in [0.15, 0.2) is 0 Å². The summed E-state index contributed by atoms with van der Waals surface area (Å²) in [5.41, 5.74) is 5.44. The lowest BCUT2D eigenvalue weighted by Crippen LogP contribution is -2.32. The van der Waals surface area contributed by atoms with Crippen LogP contribution in [0.2, 0.25) is 0 Å². The smallest absolute Gasteiger partial charge is 0.385 e. The van der Waals surface area contributed by atoms with Crippen molar-refractivity contribution >= 4 is 11.9 Å². The topological polar surface area (TPSA) is 82.3 Å². The third kappa shape index (κ3) is 3.52. The number of hydrogen-bond acceptors (Lipinski definition) is 5. The van der Waals surface area contributed by atoms with Gasteiger partial charge in [0.05, 0.1) is 0 Å². The molecule has 0 spiro atoms. The van der Waals surface area contributed by atoms with Crippen molar-refractivity contribution in [2.75, 3.05) is 0 Å². The number of halogens is 3. The molecule has 1 atom stereocenters. The van der Waals surface area contributed by atoms with Gasteiger partial charge >= 0.3 is 18.1 Å². The molecule has 0 bridgehead atoms. The molecule has 1 rings (SSSR count). The largest absolute Gasteiger partial charge is 0.491 e. The van der Waals surface area contributed by atoms with E-state index in [2.05, 4.69) is 9.72 Å². The number of pyridine rings is 1. The number of aromatic nitrogens is 1. The second kappa shape index (κ2) is 4.91. The fraction of sp³-hybridized carbons (Fsp3) is 0.222. The highest BCUT2D eigenvalue weighted by Gasteiger charge is 2.43. The Labute approximate surface area is 93.4 Å². The summed E-state index contributed by atoms with van der Waals surface area (Å²) in [4.78, 5) is 25.1. The van der Waals surface area contributed by atoms with Gasteiger partial charge < -0.3 is 10.5 Å². The minimum absolute atomic E-state index is 0.146. The molecule has 0 saturated heterocycles. The van der Waals surface area contributed by atoms with Crippen LogP contribution in [0.3, 0.4) is 0 Å². The second-order valence-corrected chi connectivity index (χ2v) is 2.97. The summed E-state index contributed by atoms with van der Waals surface area (Å²) >= 11 is 0. The molecule has 2 N–H and O–H groups in total. The van der Waals surface area contributed by atoms with Gasteiger partial charge in [0.1, 0.15) is 6.04 Å². The molecule has 0 aliphatic heterocycles. The van der Waals surface area contributed by atoms with Gasteiger partial charge in [-0.3, -0.25) is 4.98 Å². The van der Waals surface area contributed by atoms with E-state index < -0.39 is 24.2 Å². The van der Waals surface area contributed by atoms with Crippen LogP contribution in [0.15, 0.2) is 24.5 Å². The van der Waals surface area contributed by atoms with Crippen LogP contribution in [-0.2, 0) is 14.3 Å². The summed E-state index contributed by atoms with van der Waals surface area (Å²) in [7, 11) is 0. The first kappa shape index (κ1) is 13.1. The van der Waals surface area contributed by atoms with E-state index in [0.717, 1.165) is 0 Å². The summed E-state index contributed by atoms with van der Waals surface area (Å²) in [5.74, 6) is -4.08. The third-order valence-electron chi connectivity index (χ3n) is 1.72. The van der Waals surface area contributed by atoms with E-state index in [1.165, 1.54) is 24.5 Å². The fourth-order valence-corrected chi connectivity index (χ4v) is 0.909. The van der Waals surface area contributed by atoms with Gasteiger partial charge in [-0.2, -0.15) is 13.2 Å². The molecule has 1 unspecified atom stereocenters. The highest BCUT2D eigenvalue weighted by molar-refractivity contribution is 5.91. The number of ether oxygens (including phenoxy) is 1. The Balaban J connectivity index is 2.69. The quantitative estimate of drug-likeness (QED) is 0.615. The van der Waals surface area contributed by atoms with Crippen molar-refractivity contribution < 1.29 is 27.5 Å². The standard InChI is InChI=1S/C9H7F3N2O3/c10-9(11,12)8(16)17-7(15)6(13)5-2-1-3-14-4-5/h1-4,6H,13H2. The predicted molar refractivity (Wildman–Crippen MR) is 48.3 cm³/mol. The van der Waals surface area contributed by atoms with E-state index in [1.807, 2.05) is 0 Å². The van der Waals surface area contributed by atoms with E-state index in [4.69, 9.17) is 5.73 Å². The zero-order chi connectivity index (χ0) is 13.1. The lowest BCUT2D eigenvalue weighted by Gasteiger charge is -2.10. The summed E-state index contributed by atoms with van der Waals surface area (Å²) in [6.45, 7) is 0. The number of alkyl halides is 3. The molecule has 1 heterocycles. The maximum absolute atomic E-state index is 11.8. The molecule has 0 amide bonds. The van der Waals surface area contributed by atoms with Gasteiger partial charge in [-0.1, -0.05) is 6.07 Å². The monoisotopic (exact) mass is 248 g/mol. The van der Waals surface area contributed by atoms with Gasteiger partial charge in [0.25, 0.3) is 0 Å². The van der Waals surface area contributed by atoms with Crippen LogP contribution in [0.25, 0.3) is 0 Å². The van der Waals surface area contributed by atoms with E-state index >= 15 is 0 Å². The van der Waals surface area contributed by atoms with Gasteiger partial charge in [0, 0.05) is 12.4 Å². The van der Waals surface area contributed by atoms with Crippen molar-refractivity contribution in [1.29, 1.82) is 0 Å². The first-order valence-electron chi connectivity index (χ1n) is 4.30. The Bertz CT molecular complexity index is 419. The van der Waals surface area contributed by atoms with Crippen LogP contribution in [0.1, 0.15) is 11.6 Å². The van der Waals surface area contributed by atoms with Crippen molar-refractivity contribution in [2.45, 2.75) is 12.2 Å². The molecule has 0 aliphatic carbocycles. The van der Waals surface area contributed by atoms with Crippen LogP contribution in [-0.4, -0.2) is 23.1 Å². The minimum atomic E-state index is -5.23. The molecule has 92 valence electrons. The second-order valence-electron chi connectivity index (χ2n) is 2.97. The number of nitrogens with zero attached hydrogens (tertiary/aromatic N) is 1. The number of rotatable bonds is 2. The van der Waals surface area contributed by atoms with Crippen LogP contribution < -0.4 is 5.73 Å². The fourth-order valence-electron chi connectivity index (χ4n) is 0.909. The zero-order valence-electron chi connectivity index (χ0n) is 8.27. The molecule has 17 heavy (non-hydrogen) atoms. The average molecular weight is 248 g/mol. The van der Waals surface area contributed by atoms with Crippen molar-refractivity contribution in [3.63, 3.8) is 0 Å².